The molecule has 0 aromatic rings. The van der Waals surface area contributed by atoms with Gasteiger partial charge in [-0.05, 0) is 54.9 Å². The fraction of sp³-hybridized carbons (Fsp3) is 0.800. The third kappa shape index (κ3) is 6.86. The van der Waals surface area contributed by atoms with E-state index in [1.165, 1.54) is 4.90 Å². The Kier molecular flexibility index (Phi) is 7.73. The van der Waals surface area contributed by atoms with Crippen molar-refractivity contribution in [3.05, 3.63) is 11.5 Å². The number of rotatable bonds is 5. The monoisotopic (exact) mass is 461 g/mol. The molecule has 0 aromatic heterocycles. The molecule has 31 heavy (non-hydrogen) atoms. The van der Waals surface area contributed by atoms with Crippen LogP contribution in [-0.2, 0) is 9.47 Å². The van der Waals surface area contributed by atoms with Gasteiger partial charge in [0.05, 0.1) is 23.4 Å². The quantitative estimate of drug-likeness (QED) is 0.233. The second-order valence-electron chi connectivity index (χ2n) is 9.88. The van der Waals surface area contributed by atoms with Crippen LogP contribution in [0, 0.1) is 0 Å². The minimum atomic E-state index is -1.23. The first-order chi connectivity index (χ1) is 14.1. The highest BCUT2D eigenvalue weighted by Gasteiger charge is 2.47. The highest BCUT2D eigenvalue weighted by Crippen LogP contribution is 2.29. The summed E-state index contributed by atoms with van der Waals surface area (Å²) in [6.45, 7) is 12.5. The van der Waals surface area contributed by atoms with Crippen molar-refractivity contribution < 1.29 is 24.5 Å². The lowest BCUT2D eigenvalue weighted by Gasteiger charge is -2.34. The third-order valence-electron chi connectivity index (χ3n) is 4.80. The Balaban J connectivity index is 2.23. The number of aliphatic imine (C=N–C) groups is 1. The molecule has 1 amide bonds. The van der Waals surface area contributed by atoms with Crippen LogP contribution >= 0.6 is 11.6 Å². The standard InChI is InChI=1S/C20H36ClN5O5/c1-10-23-16(21)13(22)17(24-10)25-11-8-12(15(28)14(11)27)26(9-30-19(2,3)4)18(29)31-20(5,6)7/h11-12,14-16,25,27-28H,8-9,22H2,1-7H3,(H,23,24)/t11-,12+,14-,15?,16?/m1/s1. The number of alkyl halides is 1. The van der Waals surface area contributed by atoms with Gasteiger partial charge in [0.1, 0.15) is 35.9 Å². The van der Waals surface area contributed by atoms with E-state index in [2.05, 4.69) is 15.6 Å². The first-order valence-corrected chi connectivity index (χ1v) is 10.7. The number of ether oxygens (including phenoxy) is 2. The van der Waals surface area contributed by atoms with Crippen LogP contribution in [0.3, 0.4) is 0 Å². The van der Waals surface area contributed by atoms with Gasteiger partial charge in [0.2, 0.25) is 0 Å². The van der Waals surface area contributed by atoms with Gasteiger partial charge in [-0.15, -0.1) is 0 Å². The summed E-state index contributed by atoms with van der Waals surface area (Å²) in [6.07, 6.45) is -2.82. The first kappa shape index (κ1) is 25.5. The molecule has 0 saturated heterocycles. The van der Waals surface area contributed by atoms with E-state index in [1.54, 1.807) is 27.7 Å². The van der Waals surface area contributed by atoms with Gasteiger partial charge in [0.25, 0.3) is 0 Å². The molecule has 1 aliphatic heterocycles. The summed E-state index contributed by atoms with van der Waals surface area (Å²) in [6, 6.07) is -1.36. The van der Waals surface area contributed by atoms with E-state index in [1.807, 2.05) is 20.8 Å². The lowest BCUT2D eigenvalue weighted by Crippen LogP contribution is -2.50. The van der Waals surface area contributed by atoms with Crippen LogP contribution in [0.5, 0.6) is 0 Å². The number of carbonyl (C=O) groups is 1. The zero-order valence-corrected chi connectivity index (χ0v) is 20.0. The fourth-order valence-corrected chi connectivity index (χ4v) is 3.53. The van der Waals surface area contributed by atoms with Gasteiger partial charge in [-0.3, -0.25) is 4.90 Å². The zero-order valence-electron chi connectivity index (χ0n) is 19.3. The topological polar surface area (TPSA) is 142 Å². The van der Waals surface area contributed by atoms with Crippen molar-refractivity contribution in [2.75, 3.05) is 6.73 Å². The number of aliphatic hydroxyl groups is 2. The summed E-state index contributed by atoms with van der Waals surface area (Å²) < 4.78 is 11.3. The van der Waals surface area contributed by atoms with Gasteiger partial charge >= 0.3 is 6.09 Å². The van der Waals surface area contributed by atoms with Crippen LogP contribution < -0.4 is 16.4 Å². The number of nitrogens with one attached hydrogen (secondary N) is 2. The molecule has 2 aliphatic rings. The number of amidine groups is 1. The first-order valence-electron chi connectivity index (χ1n) is 10.3. The van der Waals surface area contributed by atoms with Gasteiger partial charge in [-0.2, -0.15) is 0 Å². The van der Waals surface area contributed by atoms with Gasteiger partial charge in [-0.25, -0.2) is 9.79 Å². The predicted molar refractivity (Wildman–Crippen MR) is 118 cm³/mol. The van der Waals surface area contributed by atoms with E-state index in [0.717, 1.165) is 0 Å². The molecular formula is C20H36ClN5O5. The highest BCUT2D eigenvalue weighted by molar-refractivity contribution is 6.23. The minimum absolute atomic E-state index is 0.102. The summed E-state index contributed by atoms with van der Waals surface area (Å²) in [5.74, 6) is 0.887. The maximum absolute atomic E-state index is 12.9. The van der Waals surface area contributed by atoms with Crippen LogP contribution in [-0.4, -0.2) is 74.8 Å². The van der Waals surface area contributed by atoms with E-state index in [-0.39, 0.29) is 18.8 Å². The molecule has 10 nitrogen and oxygen atoms in total. The van der Waals surface area contributed by atoms with Crippen molar-refractivity contribution in [2.45, 2.75) is 95.9 Å². The molecule has 2 unspecified atom stereocenters. The Bertz CT molecular complexity index is 730. The Hall–Kier alpha value is -1.75. The van der Waals surface area contributed by atoms with Crippen LogP contribution in [0.1, 0.15) is 54.9 Å². The smallest absolute Gasteiger partial charge is 0.412 e. The molecule has 2 rings (SSSR count). The molecule has 1 saturated carbocycles. The van der Waals surface area contributed by atoms with Crippen molar-refractivity contribution in [2.24, 2.45) is 10.7 Å². The normalized spacial score (nSPS) is 29.4. The second-order valence-corrected chi connectivity index (χ2v) is 10.3. The van der Waals surface area contributed by atoms with Crippen molar-refractivity contribution in [1.82, 2.24) is 15.5 Å². The van der Waals surface area contributed by atoms with E-state index in [9.17, 15) is 15.0 Å². The van der Waals surface area contributed by atoms with Crippen molar-refractivity contribution >= 4 is 23.5 Å². The molecule has 0 spiro atoms. The molecule has 0 aromatic carbocycles. The van der Waals surface area contributed by atoms with Gasteiger partial charge in [0, 0.05) is 0 Å². The van der Waals surface area contributed by atoms with Gasteiger partial charge in [0.15, 0.2) is 5.82 Å². The Morgan fingerprint density at radius 3 is 2.42 bits per heavy atom. The number of nitrogens with zero attached hydrogens (tertiary/aromatic N) is 2. The van der Waals surface area contributed by atoms with Crippen molar-refractivity contribution in [3.8, 4) is 0 Å². The van der Waals surface area contributed by atoms with E-state index < -0.39 is 47.1 Å². The highest BCUT2D eigenvalue weighted by atomic mass is 35.5. The van der Waals surface area contributed by atoms with Gasteiger partial charge in [-0.1, -0.05) is 11.6 Å². The Labute approximate surface area is 188 Å². The Morgan fingerprint density at radius 2 is 1.87 bits per heavy atom. The molecule has 11 heteroatoms. The average Bonchev–Trinajstić information content (AvgIpc) is 2.85. The predicted octanol–water partition coefficient (Wildman–Crippen LogP) is 1.16. The summed E-state index contributed by atoms with van der Waals surface area (Å²) >= 11 is 6.16. The number of nitrogens with two attached hydrogens (primary N) is 1. The fourth-order valence-electron chi connectivity index (χ4n) is 3.27. The zero-order chi connectivity index (χ0) is 23.7. The molecule has 0 bridgehead atoms. The lowest BCUT2D eigenvalue weighted by atomic mass is 10.1. The Morgan fingerprint density at radius 1 is 1.26 bits per heavy atom. The number of aliphatic hydroxyl groups excluding tert-OH is 2. The van der Waals surface area contributed by atoms with Crippen LogP contribution in [0.15, 0.2) is 16.5 Å². The van der Waals surface area contributed by atoms with E-state index >= 15 is 0 Å². The largest absolute Gasteiger partial charge is 0.444 e. The SMILES string of the molecule is CC1=NC(N[C@@H]2C[C@H](N(COC(C)(C)C)C(=O)OC(C)(C)C)C(O)[C@@H]2O)=C(N)C(Cl)N1. The second kappa shape index (κ2) is 9.40. The maximum Gasteiger partial charge on any atom is 0.412 e. The lowest BCUT2D eigenvalue weighted by molar-refractivity contribution is -0.0952. The number of hydrogen-bond acceptors (Lipinski definition) is 9. The van der Waals surface area contributed by atoms with Crippen LogP contribution in [0.4, 0.5) is 4.79 Å². The molecular weight excluding hydrogens is 426 g/mol. The summed E-state index contributed by atoms with van der Waals surface area (Å²) in [5.41, 5.74) is 4.40. The number of amides is 1. The summed E-state index contributed by atoms with van der Waals surface area (Å²) in [5, 5.41) is 27.4. The molecule has 0 radical (unpaired) electrons. The summed E-state index contributed by atoms with van der Waals surface area (Å²) in [4.78, 5) is 18.5. The molecule has 6 N–H and O–H groups in total. The van der Waals surface area contributed by atoms with Crippen molar-refractivity contribution in [3.63, 3.8) is 0 Å². The van der Waals surface area contributed by atoms with E-state index in [4.69, 9.17) is 26.8 Å². The van der Waals surface area contributed by atoms with Gasteiger partial charge < -0.3 is 36.1 Å². The maximum atomic E-state index is 12.9. The van der Waals surface area contributed by atoms with Crippen LogP contribution in [0.25, 0.3) is 0 Å². The average molecular weight is 462 g/mol. The minimum Gasteiger partial charge on any atom is -0.444 e. The third-order valence-corrected chi connectivity index (χ3v) is 5.14. The molecule has 1 heterocycles. The number of hydrogen-bond donors (Lipinski definition) is 5. The molecule has 178 valence electrons. The number of halogens is 1. The molecule has 1 aliphatic carbocycles. The number of carbonyl (C=O) groups excluding carboxylic acids is 1. The molecule has 1 fully saturated rings. The van der Waals surface area contributed by atoms with Crippen molar-refractivity contribution in [1.29, 1.82) is 0 Å². The summed E-state index contributed by atoms with van der Waals surface area (Å²) in [7, 11) is 0. The van der Waals surface area contributed by atoms with Crippen LogP contribution in [0.2, 0.25) is 0 Å². The molecule has 5 atom stereocenters. The van der Waals surface area contributed by atoms with E-state index in [0.29, 0.717) is 11.7 Å².